The standard InChI is InChI=1S/C13H23NO3/c1-4-6-14-8-13-12(5-7-16-13)10-17-11(2)9-15-3/h5,7,11,14H,4,6,8-10H2,1-3H3. The Morgan fingerprint density at radius 1 is 1.47 bits per heavy atom. The first-order valence-corrected chi connectivity index (χ1v) is 6.14. The first kappa shape index (κ1) is 14.2. The van der Waals surface area contributed by atoms with Crippen LogP contribution in [0.1, 0.15) is 31.6 Å². The Kier molecular flexibility index (Phi) is 6.93. The third-order valence-corrected chi connectivity index (χ3v) is 2.47. The number of furan rings is 1. The molecule has 0 aliphatic carbocycles. The van der Waals surface area contributed by atoms with Crippen molar-refractivity contribution >= 4 is 0 Å². The van der Waals surface area contributed by atoms with Crippen LogP contribution < -0.4 is 5.32 Å². The number of hydrogen-bond donors (Lipinski definition) is 1. The van der Waals surface area contributed by atoms with E-state index in [4.69, 9.17) is 13.9 Å². The Balaban J connectivity index is 2.34. The largest absolute Gasteiger partial charge is 0.468 e. The minimum atomic E-state index is 0.103. The van der Waals surface area contributed by atoms with E-state index in [-0.39, 0.29) is 6.10 Å². The van der Waals surface area contributed by atoms with Gasteiger partial charge in [-0.05, 0) is 26.0 Å². The molecule has 1 aromatic rings. The second kappa shape index (κ2) is 8.28. The number of hydrogen-bond acceptors (Lipinski definition) is 4. The summed E-state index contributed by atoms with van der Waals surface area (Å²) in [5.74, 6) is 0.961. The van der Waals surface area contributed by atoms with Gasteiger partial charge in [-0.3, -0.25) is 0 Å². The van der Waals surface area contributed by atoms with Crippen molar-refractivity contribution in [2.75, 3.05) is 20.3 Å². The van der Waals surface area contributed by atoms with Crippen LogP contribution in [0.15, 0.2) is 16.7 Å². The lowest BCUT2D eigenvalue weighted by Crippen LogP contribution is -2.17. The van der Waals surface area contributed by atoms with Gasteiger partial charge in [0.05, 0.1) is 32.1 Å². The van der Waals surface area contributed by atoms with E-state index in [0.29, 0.717) is 13.2 Å². The van der Waals surface area contributed by atoms with Crippen molar-refractivity contribution in [1.82, 2.24) is 5.32 Å². The lowest BCUT2D eigenvalue weighted by atomic mass is 10.2. The smallest absolute Gasteiger partial charge is 0.123 e. The van der Waals surface area contributed by atoms with Gasteiger partial charge in [0.15, 0.2) is 0 Å². The summed E-state index contributed by atoms with van der Waals surface area (Å²) in [5, 5.41) is 3.32. The van der Waals surface area contributed by atoms with Crippen LogP contribution in [0.2, 0.25) is 0 Å². The summed E-state index contributed by atoms with van der Waals surface area (Å²) in [6, 6.07) is 1.96. The third kappa shape index (κ3) is 5.35. The van der Waals surface area contributed by atoms with Crippen LogP contribution >= 0.6 is 0 Å². The molecule has 0 fully saturated rings. The van der Waals surface area contributed by atoms with E-state index in [9.17, 15) is 0 Å². The Hall–Kier alpha value is -0.840. The number of rotatable bonds is 9. The Bertz CT molecular complexity index is 299. The fourth-order valence-electron chi connectivity index (χ4n) is 1.54. The summed E-state index contributed by atoms with van der Waals surface area (Å²) in [4.78, 5) is 0. The Morgan fingerprint density at radius 3 is 3.00 bits per heavy atom. The van der Waals surface area contributed by atoms with Crippen molar-refractivity contribution in [2.24, 2.45) is 0 Å². The van der Waals surface area contributed by atoms with Gasteiger partial charge in [0.25, 0.3) is 0 Å². The molecule has 0 amide bonds. The van der Waals surface area contributed by atoms with Crippen LogP contribution in [-0.2, 0) is 22.6 Å². The fourth-order valence-corrected chi connectivity index (χ4v) is 1.54. The van der Waals surface area contributed by atoms with E-state index >= 15 is 0 Å². The van der Waals surface area contributed by atoms with Gasteiger partial charge in [-0.25, -0.2) is 0 Å². The maximum Gasteiger partial charge on any atom is 0.123 e. The highest BCUT2D eigenvalue weighted by atomic mass is 16.5. The van der Waals surface area contributed by atoms with Crippen LogP contribution in [0, 0.1) is 0 Å². The number of nitrogens with one attached hydrogen (secondary N) is 1. The Labute approximate surface area is 103 Å². The van der Waals surface area contributed by atoms with E-state index in [1.165, 1.54) is 0 Å². The molecule has 1 unspecified atom stereocenters. The molecule has 0 aliphatic rings. The lowest BCUT2D eigenvalue weighted by molar-refractivity contribution is -0.000636. The van der Waals surface area contributed by atoms with E-state index in [1.54, 1.807) is 13.4 Å². The molecule has 0 radical (unpaired) electrons. The van der Waals surface area contributed by atoms with Crippen molar-refractivity contribution in [1.29, 1.82) is 0 Å². The van der Waals surface area contributed by atoms with Gasteiger partial charge in [0.1, 0.15) is 5.76 Å². The van der Waals surface area contributed by atoms with Gasteiger partial charge in [-0.2, -0.15) is 0 Å². The first-order chi connectivity index (χ1) is 8.27. The topological polar surface area (TPSA) is 43.6 Å². The number of methoxy groups -OCH3 is 1. The summed E-state index contributed by atoms with van der Waals surface area (Å²) in [7, 11) is 1.68. The zero-order valence-electron chi connectivity index (χ0n) is 11.0. The predicted octanol–water partition coefficient (Wildman–Crippen LogP) is 2.33. The minimum Gasteiger partial charge on any atom is -0.468 e. The maximum absolute atomic E-state index is 5.66. The summed E-state index contributed by atoms with van der Waals surface area (Å²) < 4.78 is 16.1. The van der Waals surface area contributed by atoms with Crippen molar-refractivity contribution in [3.05, 3.63) is 23.7 Å². The van der Waals surface area contributed by atoms with Crippen LogP contribution in [0.4, 0.5) is 0 Å². The third-order valence-electron chi connectivity index (χ3n) is 2.47. The van der Waals surface area contributed by atoms with Gasteiger partial charge in [0, 0.05) is 12.7 Å². The summed E-state index contributed by atoms with van der Waals surface area (Å²) in [5.41, 5.74) is 1.11. The number of ether oxygens (including phenoxy) is 2. The van der Waals surface area contributed by atoms with Crippen molar-refractivity contribution < 1.29 is 13.9 Å². The molecule has 1 atom stereocenters. The monoisotopic (exact) mass is 241 g/mol. The SMILES string of the molecule is CCCNCc1occc1COC(C)COC. The van der Waals surface area contributed by atoms with Gasteiger partial charge >= 0.3 is 0 Å². The predicted molar refractivity (Wildman–Crippen MR) is 66.8 cm³/mol. The zero-order valence-corrected chi connectivity index (χ0v) is 11.0. The van der Waals surface area contributed by atoms with Crippen molar-refractivity contribution in [2.45, 2.75) is 39.5 Å². The van der Waals surface area contributed by atoms with Gasteiger partial charge in [-0.15, -0.1) is 0 Å². The molecule has 0 saturated carbocycles. The maximum atomic E-state index is 5.66. The molecule has 17 heavy (non-hydrogen) atoms. The van der Waals surface area contributed by atoms with Crippen LogP contribution in [0.25, 0.3) is 0 Å². The highest BCUT2D eigenvalue weighted by Gasteiger charge is 2.08. The molecule has 0 aromatic carbocycles. The van der Waals surface area contributed by atoms with E-state index in [2.05, 4.69) is 12.2 Å². The highest BCUT2D eigenvalue weighted by molar-refractivity contribution is 5.15. The molecule has 0 bridgehead atoms. The quantitative estimate of drug-likeness (QED) is 0.674. The zero-order chi connectivity index (χ0) is 12.5. The minimum absolute atomic E-state index is 0.103. The van der Waals surface area contributed by atoms with Gasteiger partial charge in [-0.1, -0.05) is 6.92 Å². The lowest BCUT2D eigenvalue weighted by Gasteiger charge is -2.11. The molecule has 1 rings (SSSR count). The molecule has 4 nitrogen and oxygen atoms in total. The molecule has 1 heterocycles. The average molecular weight is 241 g/mol. The molecular weight excluding hydrogens is 218 g/mol. The molecule has 0 spiro atoms. The molecule has 98 valence electrons. The molecule has 0 aliphatic heterocycles. The van der Waals surface area contributed by atoms with Crippen LogP contribution in [-0.4, -0.2) is 26.4 Å². The summed E-state index contributed by atoms with van der Waals surface area (Å²) in [6.07, 6.45) is 2.94. The first-order valence-electron chi connectivity index (χ1n) is 6.14. The molecule has 1 aromatic heterocycles. The second-order valence-electron chi connectivity index (χ2n) is 4.12. The summed E-state index contributed by atoms with van der Waals surface area (Å²) >= 11 is 0. The van der Waals surface area contributed by atoms with Crippen molar-refractivity contribution in [3.63, 3.8) is 0 Å². The van der Waals surface area contributed by atoms with Gasteiger partial charge in [0.2, 0.25) is 0 Å². The highest BCUT2D eigenvalue weighted by Crippen LogP contribution is 2.12. The Morgan fingerprint density at radius 2 is 2.29 bits per heavy atom. The second-order valence-corrected chi connectivity index (χ2v) is 4.12. The van der Waals surface area contributed by atoms with Crippen LogP contribution in [0.5, 0.6) is 0 Å². The molecule has 4 heteroatoms. The fraction of sp³-hybridized carbons (Fsp3) is 0.692. The van der Waals surface area contributed by atoms with Gasteiger partial charge < -0.3 is 19.2 Å². The van der Waals surface area contributed by atoms with E-state index < -0.39 is 0 Å². The van der Waals surface area contributed by atoms with E-state index in [1.807, 2.05) is 13.0 Å². The van der Waals surface area contributed by atoms with Crippen molar-refractivity contribution in [3.8, 4) is 0 Å². The molecule has 0 saturated heterocycles. The van der Waals surface area contributed by atoms with Crippen LogP contribution in [0.3, 0.4) is 0 Å². The summed E-state index contributed by atoms with van der Waals surface area (Å²) in [6.45, 7) is 7.09. The molecule has 1 N–H and O–H groups in total. The normalized spacial score (nSPS) is 12.9. The average Bonchev–Trinajstić information content (AvgIpc) is 2.75. The van der Waals surface area contributed by atoms with E-state index in [0.717, 1.165) is 30.8 Å². The molecular formula is C13H23NO3.